The average molecular weight is 191 g/mol. The molecule has 0 saturated carbocycles. The van der Waals surface area contributed by atoms with E-state index in [4.69, 9.17) is 0 Å². The van der Waals surface area contributed by atoms with Gasteiger partial charge < -0.3 is 0 Å². The Labute approximate surface area is 85.1 Å². The fourth-order valence-corrected chi connectivity index (χ4v) is 1.66. The summed E-state index contributed by atoms with van der Waals surface area (Å²) >= 11 is 1.77. The zero-order chi connectivity index (χ0) is 9.36. The van der Waals surface area contributed by atoms with Gasteiger partial charge in [0.05, 0.1) is 0 Å². The van der Waals surface area contributed by atoms with Gasteiger partial charge in [0.25, 0.3) is 0 Å². The Balaban J connectivity index is 2.23. The molecule has 1 radical (unpaired) electrons. The third kappa shape index (κ3) is 4.79. The second-order valence-electron chi connectivity index (χ2n) is 2.80. The third-order valence-electron chi connectivity index (χ3n) is 1.66. The van der Waals surface area contributed by atoms with Crippen molar-refractivity contribution in [2.45, 2.75) is 24.2 Å². The van der Waals surface area contributed by atoms with Gasteiger partial charge in [0.1, 0.15) is 0 Å². The summed E-state index contributed by atoms with van der Waals surface area (Å²) in [4.78, 5) is 1.30. The molecule has 13 heavy (non-hydrogen) atoms. The van der Waals surface area contributed by atoms with Crippen molar-refractivity contribution in [1.29, 1.82) is 0 Å². The van der Waals surface area contributed by atoms with Gasteiger partial charge >= 0.3 is 0 Å². The minimum absolute atomic E-state index is 1.03. The van der Waals surface area contributed by atoms with Crippen LogP contribution < -0.4 is 0 Å². The fraction of sp³-hybridized carbons (Fsp3) is 0.250. The monoisotopic (exact) mass is 191 g/mol. The Hall–Kier alpha value is -0.690. The Bertz CT molecular complexity index is 239. The number of thioether (sulfide) groups is 1. The number of unbranched alkanes of at least 4 members (excludes halogenated alkanes) is 2. The lowest BCUT2D eigenvalue weighted by Crippen LogP contribution is -1.67. The molecular weight excluding hydrogens is 176 g/mol. The topological polar surface area (TPSA) is 0 Å². The second-order valence-corrected chi connectivity index (χ2v) is 3.78. The summed E-state index contributed by atoms with van der Waals surface area (Å²) in [6.45, 7) is 3.80. The van der Waals surface area contributed by atoms with Crippen LogP contribution in [-0.4, -0.2) is 0 Å². The highest BCUT2D eigenvalue weighted by Crippen LogP contribution is 2.18. The largest absolute Gasteiger partial charge is 0.0984 e. The summed E-state index contributed by atoms with van der Waals surface area (Å²) in [6, 6.07) is 10.4. The summed E-state index contributed by atoms with van der Waals surface area (Å²) in [7, 11) is 0. The van der Waals surface area contributed by atoms with Crippen LogP contribution in [0.4, 0.5) is 0 Å². The maximum Gasteiger partial charge on any atom is 0.0116 e. The predicted octanol–water partition coefficient (Wildman–Crippen LogP) is 4.30. The van der Waals surface area contributed by atoms with E-state index in [9.17, 15) is 0 Å². The molecule has 69 valence electrons. The van der Waals surface area contributed by atoms with Crippen molar-refractivity contribution < 1.29 is 0 Å². The first-order valence-electron chi connectivity index (χ1n) is 4.59. The Morgan fingerprint density at radius 2 is 2.00 bits per heavy atom. The molecular formula is C12H15S. The highest BCUT2D eigenvalue weighted by Gasteiger charge is 1.85. The smallest absolute Gasteiger partial charge is 0.0116 e. The zero-order valence-corrected chi connectivity index (χ0v) is 8.59. The molecule has 0 nitrogen and oxygen atoms in total. The number of rotatable bonds is 5. The van der Waals surface area contributed by atoms with Crippen LogP contribution in [0.2, 0.25) is 0 Å². The van der Waals surface area contributed by atoms with Gasteiger partial charge in [-0.1, -0.05) is 49.4 Å². The third-order valence-corrected chi connectivity index (χ3v) is 2.54. The van der Waals surface area contributed by atoms with Crippen LogP contribution >= 0.6 is 11.8 Å². The van der Waals surface area contributed by atoms with Gasteiger partial charge in [0.15, 0.2) is 0 Å². The van der Waals surface area contributed by atoms with Crippen molar-refractivity contribution in [3.05, 3.63) is 48.7 Å². The van der Waals surface area contributed by atoms with E-state index in [0.717, 1.165) is 12.8 Å². The molecule has 0 unspecified atom stereocenters. The maximum atomic E-state index is 3.80. The zero-order valence-electron chi connectivity index (χ0n) is 7.78. The van der Waals surface area contributed by atoms with Crippen molar-refractivity contribution in [3.8, 4) is 0 Å². The van der Waals surface area contributed by atoms with Gasteiger partial charge in [-0.05, 0) is 30.4 Å². The molecule has 0 aliphatic rings. The van der Waals surface area contributed by atoms with Crippen LogP contribution in [0.25, 0.3) is 0 Å². The van der Waals surface area contributed by atoms with E-state index in [2.05, 4.69) is 42.7 Å². The van der Waals surface area contributed by atoms with Crippen LogP contribution in [-0.2, 0) is 0 Å². The molecule has 0 aliphatic carbocycles. The van der Waals surface area contributed by atoms with Gasteiger partial charge in [-0.2, -0.15) is 0 Å². The minimum atomic E-state index is 1.03. The van der Waals surface area contributed by atoms with E-state index in [1.54, 1.807) is 11.8 Å². The highest BCUT2D eigenvalue weighted by atomic mass is 32.2. The van der Waals surface area contributed by atoms with E-state index in [0.29, 0.717) is 0 Å². The summed E-state index contributed by atoms with van der Waals surface area (Å²) < 4.78 is 0. The van der Waals surface area contributed by atoms with Crippen molar-refractivity contribution in [1.82, 2.24) is 0 Å². The van der Waals surface area contributed by atoms with Gasteiger partial charge in [0.2, 0.25) is 0 Å². The first kappa shape index (κ1) is 10.4. The van der Waals surface area contributed by atoms with Crippen LogP contribution in [0, 0.1) is 6.92 Å². The fourth-order valence-electron chi connectivity index (χ4n) is 0.956. The Morgan fingerprint density at radius 1 is 1.23 bits per heavy atom. The molecule has 1 aromatic carbocycles. The molecule has 0 N–H and O–H groups in total. The molecule has 1 heteroatoms. The molecule has 1 aromatic rings. The maximum absolute atomic E-state index is 3.80. The summed E-state index contributed by atoms with van der Waals surface area (Å²) in [5.74, 6) is 0. The van der Waals surface area contributed by atoms with E-state index in [1.807, 2.05) is 6.07 Å². The minimum Gasteiger partial charge on any atom is -0.0984 e. The van der Waals surface area contributed by atoms with E-state index >= 15 is 0 Å². The Kier molecular flexibility index (Phi) is 5.42. The van der Waals surface area contributed by atoms with Crippen LogP contribution in [0.3, 0.4) is 0 Å². The van der Waals surface area contributed by atoms with E-state index in [-0.39, 0.29) is 0 Å². The summed E-state index contributed by atoms with van der Waals surface area (Å²) in [5, 5.41) is 2.16. The summed E-state index contributed by atoms with van der Waals surface area (Å²) in [6.07, 6.45) is 5.57. The molecule has 0 amide bonds. The van der Waals surface area contributed by atoms with Crippen LogP contribution in [0.5, 0.6) is 0 Å². The second kappa shape index (κ2) is 6.79. The lowest BCUT2D eigenvalue weighted by Gasteiger charge is -1.93. The number of allylic oxidation sites excluding steroid dienone is 1. The molecule has 0 saturated heterocycles. The van der Waals surface area contributed by atoms with E-state index in [1.165, 1.54) is 11.3 Å². The van der Waals surface area contributed by atoms with Gasteiger partial charge in [-0.15, -0.1) is 0 Å². The Morgan fingerprint density at radius 3 is 2.69 bits per heavy atom. The lowest BCUT2D eigenvalue weighted by atomic mass is 10.2. The van der Waals surface area contributed by atoms with Gasteiger partial charge in [-0.3, -0.25) is 0 Å². The molecule has 0 aliphatic heterocycles. The van der Waals surface area contributed by atoms with Crippen LogP contribution in [0.15, 0.2) is 46.7 Å². The van der Waals surface area contributed by atoms with Crippen LogP contribution in [0.1, 0.15) is 19.3 Å². The first-order valence-corrected chi connectivity index (χ1v) is 5.47. The van der Waals surface area contributed by atoms with Crippen molar-refractivity contribution in [3.63, 3.8) is 0 Å². The average Bonchev–Trinajstić information content (AvgIpc) is 2.19. The van der Waals surface area contributed by atoms with Crippen molar-refractivity contribution in [2.75, 3.05) is 0 Å². The highest BCUT2D eigenvalue weighted by molar-refractivity contribution is 8.02. The molecule has 0 bridgehead atoms. The lowest BCUT2D eigenvalue weighted by molar-refractivity contribution is 0.867. The molecule has 0 spiro atoms. The SMILES string of the molecule is [CH2]CCCC=CSc1ccccc1. The predicted molar refractivity (Wildman–Crippen MR) is 60.6 cm³/mol. The standard InChI is InChI=1S/C12H15S/c1-2-3-4-8-11-13-12-9-6-5-7-10-12/h5-11H,1-4H2. The number of benzene rings is 1. The number of hydrogen-bond acceptors (Lipinski definition) is 1. The van der Waals surface area contributed by atoms with Gasteiger partial charge in [-0.25, -0.2) is 0 Å². The van der Waals surface area contributed by atoms with E-state index < -0.39 is 0 Å². The normalized spacial score (nSPS) is 10.8. The first-order chi connectivity index (χ1) is 6.43. The molecule has 0 heterocycles. The molecule has 0 fully saturated rings. The number of hydrogen-bond donors (Lipinski definition) is 0. The van der Waals surface area contributed by atoms with Crippen molar-refractivity contribution >= 4 is 11.8 Å². The molecule has 0 atom stereocenters. The van der Waals surface area contributed by atoms with Crippen molar-refractivity contribution in [2.24, 2.45) is 0 Å². The summed E-state index contributed by atoms with van der Waals surface area (Å²) in [5.41, 5.74) is 0. The quantitative estimate of drug-likeness (QED) is 0.494. The molecule has 0 aromatic heterocycles. The molecule has 1 rings (SSSR count). The van der Waals surface area contributed by atoms with Gasteiger partial charge in [0, 0.05) is 4.90 Å².